The molecule has 2 aliphatic rings. The van der Waals surface area contributed by atoms with Crippen molar-refractivity contribution in [1.29, 1.82) is 0 Å². The number of halogens is 2. The number of fused-ring (bicyclic) bond motifs is 1. The van der Waals surface area contributed by atoms with Crippen molar-refractivity contribution in [2.75, 3.05) is 38.3 Å². The summed E-state index contributed by atoms with van der Waals surface area (Å²) in [6, 6.07) is 0.150. The van der Waals surface area contributed by atoms with Gasteiger partial charge in [0.05, 0.1) is 17.6 Å². The summed E-state index contributed by atoms with van der Waals surface area (Å²) in [6.07, 6.45) is 5.48. The van der Waals surface area contributed by atoms with Gasteiger partial charge in [-0.25, -0.2) is 9.37 Å². The van der Waals surface area contributed by atoms with E-state index in [1.165, 1.54) is 6.20 Å². The third-order valence-electron chi connectivity index (χ3n) is 8.06. The third kappa shape index (κ3) is 5.58. The third-order valence-corrected chi connectivity index (χ3v) is 12.8. The smallest absolute Gasteiger partial charge is 0.319 e. The topological polar surface area (TPSA) is 69.6 Å². The Bertz CT molecular complexity index is 1090. The molecule has 0 bridgehead atoms. The van der Waals surface area contributed by atoms with Crippen LogP contribution in [0, 0.1) is 11.2 Å². The second kappa shape index (κ2) is 9.39. The van der Waals surface area contributed by atoms with Gasteiger partial charge in [-0.1, -0.05) is 32.4 Å². The second-order valence-electron chi connectivity index (χ2n) is 12.0. The molecule has 0 radical (unpaired) electrons. The van der Waals surface area contributed by atoms with Crippen LogP contribution in [0.4, 0.5) is 10.2 Å². The van der Waals surface area contributed by atoms with Crippen molar-refractivity contribution < 1.29 is 18.3 Å². The molecule has 1 saturated heterocycles. The molecule has 2 aromatic heterocycles. The van der Waals surface area contributed by atoms with Gasteiger partial charge in [-0.05, 0) is 50.7 Å². The largest absolute Gasteiger partial charge is 0.463 e. The number of hydrogen-bond donors (Lipinski definition) is 0. The second-order valence-corrected chi connectivity index (χ2v) is 17.1. The van der Waals surface area contributed by atoms with E-state index in [1.54, 1.807) is 7.11 Å². The molecule has 0 amide bonds. The van der Waals surface area contributed by atoms with Crippen molar-refractivity contribution in [2.24, 2.45) is 5.41 Å². The highest BCUT2D eigenvalue weighted by atomic mass is 35.5. The Labute approximate surface area is 213 Å². The predicted octanol–water partition coefficient (Wildman–Crippen LogP) is 6.00. The average molecular weight is 525 g/mol. The monoisotopic (exact) mass is 524 g/mol. The molecule has 2 aromatic rings. The van der Waals surface area contributed by atoms with Crippen LogP contribution in [-0.4, -0.2) is 62.3 Å². The molecular weight excluding hydrogens is 487 g/mol. The molecule has 0 spiro atoms. The molecule has 0 N–H and O–H groups in total. The van der Waals surface area contributed by atoms with E-state index in [1.807, 2.05) is 0 Å². The van der Waals surface area contributed by atoms with Crippen LogP contribution in [-0.2, 0) is 9.16 Å². The van der Waals surface area contributed by atoms with E-state index in [2.05, 4.69) is 55.7 Å². The number of rotatable bonds is 8. The minimum Gasteiger partial charge on any atom is -0.463 e. The van der Waals surface area contributed by atoms with E-state index in [0.29, 0.717) is 31.0 Å². The predicted molar refractivity (Wildman–Crippen MR) is 139 cm³/mol. The zero-order valence-corrected chi connectivity index (χ0v) is 23.8. The average Bonchev–Trinajstić information content (AvgIpc) is 3.58. The summed E-state index contributed by atoms with van der Waals surface area (Å²) >= 11 is 5.99. The van der Waals surface area contributed by atoms with Crippen molar-refractivity contribution in [3.05, 3.63) is 17.2 Å². The van der Waals surface area contributed by atoms with Crippen LogP contribution >= 0.6 is 11.6 Å². The summed E-state index contributed by atoms with van der Waals surface area (Å²) in [7, 11) is -0.138. The molecule has 2 fully saturated rings. The Hall–Kier alpha value is -1.55. The van der Waals surface area contributed by atoms with Gasteiger partial charge in [0.15, 0.2) is 19.3 Å². The lowest BCUT2D eigenvalue weighted by Gasteiger charge is -2.40. The SMILES string of the molecule is CO[C@]1(C)CCCN(c2nc(OCC3(CO[Si](C)(C)C(C)(C)C)CC3)nc3c(F)c(Cl)ncc23)C1. The molecule has 194 valence electrons. The normalized spacial score (nSPS) is 22.5. The molecule has 1 atom stereocenters. The van der Waals surface area contributed by atoms with E-state index >= 15 is 0 Å². The lowest BCUT2D eigenvalue weighted by Crippen LogP contribution is -2.47. The van der Waals surface area contributed by atoms with E-state index in [9.17, 15) is 4.39 Å². The molecule has 4 rings (SSSR count). The summed E-state index contributed by atoms with van der Waals surface area (Å²) in [5.41, 5.74) is -0.229. The zero-order chi connectivity index (χ0) is 25.6. The number of anilines is 1. The Balaban J connectivity index is 1.58. The van der Waals surface area contributed by atoms with Gasteiger partial charge in [-0.2, -0.15) is 9.97 Å². The first-order chi connectivity index (χ1) is 16.3. The summed E-state index contributed by atoms with van der Waals surface area (Å²) in [6.45, 7) is 15.8. The van der Waals surface area contributed by atoms with Crippen molar-refractivity contribution >= 4 is 36.6 Å². The number of piperidine rings is 1. The first-order valence-electron chi connectivity index (χ1n) is 12.4. The van der Waals surface area contributed by atoms with Crippen LogP contribution in [0.15, 0.2) is 6.20 Å². The van der Waals surface area contributed by atoms with Gasteiger partial charge >= 0.3 is 6.01 Å². The Morgan fingerprint density at radius 3 is 2.51 bits per heavy atom. The molecule has 1 saturated carbocycles. The van der Waals surface area contributed by atoms with E-state index in [-0.39, 0.29) is 32.7 Å². The maximum absolute atomic E-state index is 15.0. The summed E-state index contributed by atoms with van der Waals surface area (Å²) in [5, 5.41) is 0.452. The summed E-state index contributed by atoms with van der Waals surface area (Å²) < 4.78 is 33.4. The molecule has 7 nitrogen and oxygen atoms in total. The van der Waals surface area contributed by atoms with Gasteiger partial charge in [0, 0.05) is 38.4 Å². The highest BCUT2D eigenvalue weighted by Crippen LogP contribution is 2.48. The van der Waals surface area contributed by atoms with E-state index < -0.39 is 14.1 Å². The Kier molecular flexibility index (Phi) is 7.11. The van der Waals surface area contributed by atoms with E-state index in [4.69, 9.17) is 30.5 Å². The number of ether oxygens (including phenoxy) is 2. The summed E-state index contributed by atoms with van der Waals surface area (Å²) in [4.78, 5) is 15.2. The number of pyridine rings is 1. The fourth-order valence-corrected chi connectivity index (χ4v) is 5.37. The van der Waals surface area contributed by atoms with Crippen LogP contribution in [0.1, 0.15) is 53.4 Å². The number of methoxy groups -OCH3 is 1. The molecule has 1 aliphatic carbocycles. The highest BCUT2D eigenvalue weighted by molar-refractivity contribution is 6.74. The number of nitrogens with zero attached hydrogens (tertiary/aromatic N) is 4. The standard InChI is InChI=1S/C25H38ClFN4O3Si/c1-23(2,3)35(6,7)34-16-25(10-11-25)15-33-22-29-19-17(13-28-20(26)18(19)27)21(30-22)31-12-8-9-24(4,14-31)32-5/h13H,8-12,14-16H2,1-7H3/t24-/m1/s1. The lowest BCUT2D eigenvalue weighted by atomic mass is 9.94. The van der Waals surface area contributed by atoms with Gasteiger partial charge < -0.3 is 18.8 Å². The van der Waals surface area contributed by atoms with E-state index in [0.717, 1.165) is 32.2 Å². The van der Waals surface area contributed by atoms with Gasteiger partial charge in [-0.3, -0.25) is 0 Å². The van der Waals surface area contributed by atoms with Crippen LogP contribution < -0.4 is 9.64 Å². The van der Waals surface area contributed by atoms with Crippen LogP contribution in [0.3, 0.4) is 0 Å². The molecule has 10 heteroatoms. The molecule has 0 aromatic carbocycles. The molecular formula is C25H38ClFN4O3Si. The molecule has 3 heterocycles. The molecule has 0 unspecified atom stereocenters. The molecule has 35 heavy (non-hydrogen) atoms. The fraction of sp³-hybridized carbons (Fsp3) is 0.720. The van der Waals surface area contributed by atoms with Crippen molar-refractivity contribution in [3.63, 3.8) is 0 Å². The van der Waals surface area contributed by atoms with Crippen LogP contribution in [0.25, 0.3) is 10.9 Å². The van der Waals surface area contributed by atoms with Crippen LogP contribution in [0.2, 0.25) is 23.3 Å². The van der Waals surface area contributed by atoms with Gasteiger partial charge in [-0.15, -0.1) is 0 Å². The first-order valence-corrected chi connectivity index (χ1v) is 15.7. The maximum Gasteiger partial charge on any atom is 0.319 e. The Morgan fingerprint density at radius 1 is 1.17 bits per heavy atom. The van der Waals surface area contributed by atoms with Crippen LogP contribution in [0.5, 0.6) is 6.01 Å². The minimum atomic E-state index is -1.86. The van der Waals surface area contributed by atoms with Gasteiger partial charge in [0.25, 0.3) is 0 Å². The fourth-order valence-electron chi connectivity index (χ4n) is 4.13. The van der Waals surface area contributed by atoms with Crippen molar-refractivity contribution in [1.82, 2.24) is 15.0 Å². The quantitative estimate of drug-likeness (QED) is 0.309. The lowest BCUT2D eigenvalue weighted by molar-refractivity contribution is -0.00479. The Morgan fingerprint density at radius 2 is 1.89 bits per heavy atom. The number of hydrogen-bond acceptors (Lipinski definition) is 7. The zero-order valence-electron chi connectivity index (χ0n) is 22.0. The van der Waals surface area contributed by atoms with Crippen molar-refractivity contribution in [3.8, 4) is 6.01 Å². The summed E-state index contributed by atoms with van der Waals surface area (Å²) in [5.74, 6) is -0.0648. The van der Waals surface area contributed by atoms with Gasteiger partial charge in [0.2, 0.25) is 0 Å². The van der Waals surface area contributed by atoms with Gasteiger partial charge in [0.1, 0.15) is 11.3 Å². The highest BCUT2D eigenvalue weighted by Gasteiger charge is 2.47. The maximum atomic E-state index is 15.0. The first kappa shape index (κ1) is 26.5. The number of aromatic nitrogens is 3. The van der Waals surface area contributed by atoms with Crippen molar-refractivity contribution in [2.45, 2.75) is 77.1 Å². The molecule has 1 aliphatic heterocycles. The minimum absolute atomic E-state index is 0.0395.